The second-order valence-electron chi connectivity index (χ2n) is 7.91. The third kappa shape index (κ3) is 4.98. The Bertz CT molecular complexity index is 1260. The molecule has 174 valence electrons. The Hall–Kier alpha value is -3.46. The molecular weight excluding hydrogens is 416 g/mol. The summed E-state index contributed by atoms with van der Waals surface area (Å²) in [6.45, 7) is 10.6. The second kappa shape index (κ2) is 10.4. The summed E-state index contributed by atoms with van der Waals surface area (Å²) in [6.07, 6.45) is 3.14. The molecule has 9 heteroatoms. The zero-order chi connectivity index (χ0) is 23.2. The molecule has 0 aliphatic carbocycles. The van der Waals surface area contributed by atoms with Gasteiger partial charge in [-0.2, -0.15) is 9.97 Å². The first-order valence-corrected chi connectivity index (χ1v) is 11.7. The summed E-state index contributed by atoms with van der Waals surface area (Å²) in [5.41, 5.74) is 2.75. The molecule has 3 aromatic heterocycles. The SMILES string of the molecule is CCc1ncc2c(=O)[nH]c3c(NCCc4ccccc4)nc(NCCN(CC)CC)nc3n12. The lowest BCUT2D eigenvalue weighted by Gasteiger charge is -2.18. The minimum absolute atomic E-state index is 0.202. The van der Waals surface area contributed by atoms with Crippen molar-refractivity contribution in [3.63, 3.8) is 0 Å². The standard InChI is InChI=1S/C24H32N8O/c1-4-19-27-16-18-23(33)28-20-21(25-13-12-17-10-8-7-9-11-17)29-24(30-22(20)32(18)19)26-14-15-31(5-2)6-3/h7-11,16H,4-6,12-15H2,1-3H3,(H,28,33)(H2,25,26,29,30). The van der Waals surface area contributed by atoms with E-state index < -0.39 is 0 Å². The molecule has 0 aliphatic rings. The van der Waals surface area contributed by atoms with Gasteiger partial charge in [0.25, 0.3) is 5.56 Å². The largest absolute Gasteiger partial charge is 0.368 e. The van der Waals surface area contributed by atoms with Gasteiger partial charge in [-0.15, -0.1) is 0 Å². The zero-order valence-electron chi connectivity index (χ0n) is 19.6. The Morgan fingerprint density at radius 1 is 1.03 bits per heavy atom. The summed E-state index contributed by atoms with van der Waals surface area (Å²) in [6, 6.07) is 10.3. The van der Waals surface area contributed by atoms with Crippen LogP contribution in [0.4, 0.5) is 11.8 Å². The summed E-state index contributed by atoms with van der Waals surface area (Å²) in [7, 11) is 0. The van der Waals surface area contributed by atoms with Crippen molar-refractivity contribution >= 4 is 28.4 Å². The number of aromatic amines is 1. The lowest BCUT2D eigenvalue weighted by atomic mass is 10.1. The maximum atomic E-state index is 12.7. The molecule has 0 amide bonds. The second-order valence-corrected chi connectivity index (χ2v) is 7.91. The number of nitrogens with zero attached hydrogens (tertiary/aromatic N) is 5. The summed E-state index contributed by atoms with van der Waals surface area (Å²) in [4.78, 5) is 32.0. The molecule has 3 N–H and O–H groups in total. The van der Waals surface area contributed by atoms with Crippen molar-refractivity contribution in [1.82, 2.24) is 29.2 Å². The molecule has 0 aliphatic heterocycles. The fourth-order valence-electron chi connectivity index (χ4n) is 3.98. The molecule has 0 saturated carbocycles. The van der Waals surface area contributed by atoms with E-state index in [1.54, 1.807) is 6.20 Å². The van der Waals surface area contributed by atoms with Crippen molar-refractivity contribution in [1.29, 1.82) is 0 Å². The van der Waals surface area contributed by atoms with Crippen molar-refractivity contribution in [2.75, 3.05) is 43.4 Å². The number of fused-ring (bicyclic) bond motifs is 3. The Morgan fingerprint density at radius 2 is 1.82 bits per heavy atom. The number of aryl methyl sites for hydroxylation is 1. The molecule has 1 aromatic carbocycles. The van der Waals surface area contributed by atoms with Crippen LogP contribution in [0.25, 0.3) is 16.7 Å². The predicted molar refractivity (Wildman–Crippen MR) is 133 cm³/mol. The molecule has 0 radical (unpaired) electrons. The van der Waals surface area contributed by atoms with Gasteiger partial charge in [0, 0.05) is 26.1 Å². The van der Waals surface area contributed by atoms with Gasteiger partial charge in [-0.1, -0.05) is 51.1 Å². The highest BCUT2D eigenvalue weighted by Gasteiger charge is 2.16. The molecule has 3 heterocycles. The lowest BCUT2D eigenvalue weighted by molar-refractivity contribution is 0.316. The first-order chi connectivity index (χ1) is 16.1. The predicted octanol–water partition coefficient (Wildman–Crippen LogP) is 2.94. The average Bonchev–Trinajstić information content (AvgIpc) is 3.28. The van der Waals surface area contributed by atoms with E-state index in [2.05, 4.69) is 51.5 Å². The maximum absolute atomic E-state index is 12.7. The summed E-state index contributed by atoms with van der Waals surface area (Å²) >= 11 is 0. The molecule has 0 unspecified atom stereocenters. The van der Waals surface area contributed by atoms with Gasteiger partial charge < -0.3 is 20.5 Å². The minimum Gasteiger partial charge on any atom is -0.368 e. The van der Waals surface area contributed by atoms with Crippen molar-refractivity contribution in [3.05, 3.63) is 58.3 Å². The van der Waals surface area contributed by atoms with E-state index in [4.69, 9.17) is 9.97 Å². The van der Waals surface area contributed by atoms with Crippen LogP contribution in [0.1, 0.15) is 32.2 Å². The molecule has 0 atom stereocenters. The summed E-state index contributed by atoms with van der Waals surface area (Å²) in [5, 5.41) is 6.78. The van der Waals surface area contributed by atoms with Crippen LogP contribution in [0.5, 0.6) is 0 Å². The van der Waals surface area contributed by atoms with Gasteiger partial charge >= 0.3 is 0 Å². The highest BCUT2D eigenvalue weighted by Crippen LogP contribution is 2.21. The molecule has 0 spiro atoms. The third-order valence-electron chi connectivity index (χ3n) is 5.88. The van der Waals surface area contributed by atoms with Crippen LogP contribution < -0.4 is 16.2 Å². The number of hydrogen-bond donors (Lipinski definition) is 3. The number of benzene rings is 1. The number of H-pyrrole nitrogens is 1. The van der Waals surface area contributed by atoms with Crippen LogP contribution in [0.2, 0.25) is 0 Å². The molecule has 0 bridgehead atoms. The third-order valence-corrected chi connectivity index (χ3v) is 5.88. The van der Waals surface area contributed by atoms with E-state index in [0.717, 1.165) is 38.4 Å². The Morgan fingerprint density at radius 3 is 2.55 bits per heavy atom. The van der Waals surface area contributed by atoms with Crippen LogP contribution in [0.15, 0.2) is 41.3 Å². The van der Waals surface area contributed by atoms with E-state index in [9.17, 15) is 4.79 Å². The number of imidazole rings is 1. The topological polar surface area (TPSA) is 103 Å². The van der Waals surface area contributed by atoms with E-state index in [0.29, 0.717) is 41.4 Å². The average molecular weight is 449 g/mol. The van der Waals surface area contributed by atoms with Crippen LogP contribution >= 0.6 is 0 Å². The van der Waals surface area contributed by atoms with Crippen LogP contribution in [0, 0.1) is 0 Å². The molecule has 0 saturated heterocycles. The number of likely N-dealkylation sites (N-methyl/N-ethyl adjacent to an activating group) is 1. The van der Waals surface area contributed by atoms with Gasteiger partial charge in [0.1, 0.15) is 16.9 Å². The summed E-state index contributed by atoms with van der Waals surface area (Å²) in [5.74, 6) is 1.93. The lowest BCUT2D eigenvalue weighted by Crippen LogP contribution is -2.29. The molecule has 0 fully saturated rings. The van der Waals surface area contributed by atoms with Crippen molar-refractivity contribution in [2.45, 2.75) is 33.6 Å². The smallest absolute Gasteiger partial charge is 0.274 e. The van der Waals surface area contributed by atoms with Gasteiger partial charge in [-0.05, 0) is 25.1 Å². The zero-order valence-corrected chi connectivity index (χ0v) is 19.6. The fraction of sp³-hybridized carbons (Fsp3) is 0.417. The van der Waals surface area contributed by atoms with Crippen molar-refractivity contribution in [3.8, 4) is 0 Å². The van der Waals surface area contributed by atoms with Crippen LogP contribution in [-0.2, 0) is 12.8 Å². The number of rotatable bonds is 11. The van der Waals surface area contributed by atoms with Crippen molar-refractivity contribution < 1.29 is 0 Å². The van der Waals surface area contributed by atoms with Crippen LogP contribution in [0.3, 0.4) is 0 Å². The van der Waals surface area contributed by atoms with Gasteiger partial charge in [0.15, 0.2) is 11.5 Å². The first kappa shape index (κ1) is 22.7. The number of nitrogens with one attached hydrogen (secondary N) is 3. The quantitative estimate of drug-likeness (QED) is 0.324. The molecule has 9 nitrogen and oxygen atoms in total. The highest BCUT2D eigenvalue weighted by atomic mass is 16.1. The molecule has 4 aromatic rings. The van der Waals surface area contributed by atoms with Gasteiger partial charge in [0.05, 0.1) is 6.20 Å². The normalized spacial score (nSPS) is 11.5. The Balaban J connectivity index is 1.69. The van der Waals surface area contributed by atoms with Gasteiger partial charge in [-0.25, -0.2) is 4.98 Å². The van der Waals surface area contributed by atoms with E-state index in [-0.39, 0.29) is 5.56 Å². The molecule has 33 heavy (non-hydrogen) atoms. The van der Waals surface area contributed by atoms with E-state index in [1.807, 2.05) is 29.5 Å². The number of aromatic nitrogens is 5. The number of hydrogen-bond acceptors (Lipinski definition) is 7. The Kier molecular flexibility index (Phi) is 7.19. The monoisotopic (exact) mass is 448 g/mol. The fourth-order valence-corrected chi connectivity index (χ4v) is 3.98. The van der Waals surface area contributed by atoms with E-state index in [1.165, 1.54) is 5.56 Å². The first-order valence-electron chi connectivity index (χ1n) is 11.7. The van der Waals surface area contributed by atoms with E-state index >= 15 is 0 Å². The number of anilines is 2. The maximum Gasteiger partial charge on any atom is 0.274 e. The highest BCUT2D eigenvalue weighted by molar-refractivity contribution is 5.85. The van der Waals surface area contributed by atoms with Gasteiger partial charge in [-0.3, -0.25) is 9.20 Å². The van der Waals surface area contributed by atoms with Gasteiger partial charge in [0.2, 0.25) is 5.95 Å². The Labute approximate surface area is 193 Å². The van der Waals surface area contributed by atoms with Crippen LogP contribution in [-0.4, -0.2) is 62.0 Å². The minimum atomic E-state index is -0.202. The molecule has 4 rings (SSSR count). The molecular formula is C24H32N8O. The summed E-state index contributed by atoms with van der Waals surface area (Å²) < 4.78 is 1.84. The van der Waals surface area contributed by atoms with Crippen molar-refractivity contribution in [2.24, 2.45) is 0 Å².